The number of aromatic nitrogens is 1. The topological polar surface area (TPSA) is 46.3 Å². The van der Waals surface area contributed by atoms with Crippen LogP contribution < -0.4 is 4.90 Å². The lowest BCUT2D eigenvalue weighted by atomic mass is 10.2. The van der Waals surface area contributed by atoms with Crippen molar-refractivity contribution in [2.45, 2.75) is 19.8 Å². The van der Waals surface area contributed by atoms with Crippen LogP contribution in [0.1, 0.15) is 17.9 Å². The van der Waals surface area contributed by atoms with Gasteiger partial charge in [-0.15, -0.1) is 0 Å². The second-order valence-corrected chi connectivity index (χ2v) is 6.84. The largest absolute Gasteiger partial charge is 0.441 e. The molecule has 0 spiro atoms. The minimum atomic E-state index is -0.364. The minimum absolute atomic E-state index is 0.0441. The fraction of sp³-hybridized carbons (Fsp3) is 0.200. The molecule has 0 unspecified atom stereocenters. The second kappa shape index (κ2) is 7.83. The Hall–Kier alpha value is -2.47. The summed E-state index contributed by atoms with van der Waals surface area (Å²) in [6.45, 7) is 1.98. The minimum Gasteiger partial charge on any atom is -0.441 e. The lowest BCUT2D eigenvalue weighted by Gasteiger charge is -2.18. The molecule has 2 aromatic carbocycles. The number of anilines is 1. The zero-order valence-electron chi connectivity index (χ0n) is 14.5. The maximum atomic E-state index is 13.8. The Kier molecular flexibility index (Phi) is 5.52. The highest BCUT2D eigenvalue weighted by Crippen LogP contribution is 2.25. The van der Waals surface area contributed by atoms with E-state index in [1.807, 2.05) is 25.1 Å². The summed E-state index contributed by atoms with van der Waals surface area (Å²) in [5.41, 5.74) is 2.25. The average Bonchev–Trinajstić information content (AvgIpc) is 3.10. The Balaban J connectivity index is 1.64. The first-order valence-corrected chi connectivity index (χ1v) is 8.97. The van der Waals surface area contributed by atoms with Gasteiger partial charge in [-0.05, 0) is 42.8 Å². The molecule has 0 aliphatic heterocycles. The number of halogens is 2. The summed E-state index contributed by atoms with van der Waals surface area (Å²) in [6, 6.07) is 12.1. The van der Waals surface area contributed by atoms with Crippen molar-refractivity contribution in [3.05, 3.63) is 70.4 Å². The van der Waals surface area contributed by atoms with Crippen molar-refractivity contribution in [2.75, 3.05) is 11.9 Å². The maximum Gasteiger partial charge on any atom is 0.227 e. The number of hydrogen-bond donors (Lipinski definition) is 0. The smallest absolute Gasteiger partial charge is 0.227 e. The zero-order valence-corrected chi connectivity index (χ0v) is 16.1. The monoisotopic (exact) mass is 416 g/mol. The lowest BCUT2D eigenvalue weighted by molar-refractivity contribution is -0.118. The Morgan fingerprint density at radius 1 is 1.27 bits per heavy atom. The first-order chi connectivity index (χ1) is 12.5. The van der Waals surface area contributed by atoms with Crippen molar-refractivity contribution >= 4 is 27.5 Å². The van der Waals surface area contributed by atoms with Gasteiger partial charge < -0.3 is 9.32 Å². The number of oxazole rings is 1. The third kappa shape index (κ3) is 4.02. The van der Waals surface area contributed by atoms with Crippen LogP contribution in [0.25, 0.3) is 11.3 Å². The molecular weight excluding hydrogens is 399 g/mol. The first-order valence-electron chi connectivity index (χ1n) is 8.18. The van der Waals surface area contributed by atoms with Crippen LogP contribution >= 0.6 is 15.9 Å². The van der Waals surface area contributed by atoms with Gasteiger partial charge in [-0.3, -0.25) is 4.79 Å². The molecule has 0 fully saturated rings. The molecular formula is C20H18BrFN2O2. The first kappa shape index (κ1) is 18.3. The third-order valence-corrected chi connectivity index (χ3v) is 5.04. The molecule has 0 N–H and O–H groups in total. The molecule has 0 radical (unpaired) electrons. The van der Waals surface area contributed by atoms with Crippen LogP contribution in [0.3, 0.4) is 0 Å². The van der Waals surface area contributed by atoms with Crippen LogP contribution in [0.4, 0.5) is 10.1 Å². The molecule has 0 aliphatic carbocycles. The van der Waals surface area contributed by atoms with E-state index in [0.717, 1.165) is 15.7 Å². The summed E-state index contributed by atoms with van der Waals surface area (Å²) in [5.74, 6) is 0.369. The van der Waals surface area contributed by atoms with E-state index in [0.29, 0.717) is 23.6 Å². The van der Waals surface area contributed by atoms with Gasteiger partial charge in [-0.25, -0.2) is 9.37 Å². The number of nitrogens with zero attached hydrogens (tertiary/aromatic N) is 2. The van der Waals surface area contributed by atoms with E-state index in [9.17, 15) is 9.18 Å². The van der Waals surface area contributed by atoms with Crippen LogP contribution in [0, 0.1) is 12.7 Å². The van der Waals surface area contributed by atoms with Gasteiger partial charge in [0.2, 0.25) is 5.91 Å². The van der Waals surface area contributed by atoms with Crippen molar-refractivity contribution in [3.8, 4) is 11.3 Å². The van der Waals surface area contributed by atoms with E-state index in [1.165, 1.54) is 12.3 Å². The number of benzene rings is 2. The van der Waals surface area contributed by atoms with Gasteiger partial charge in [0.15, 0.2) is 11.7 Å². The van der Waals surface area contributed by atoms with Crippen LogP contribution in [0.2, 0.25) is 0 Å². The predicted molar refractivity (Wildman–Crippen MR) is 103 cm³/mol. The van der Waals surface area contributed by atoms with Gasteiger partial charge in [0, 0.05) is 30.0 Å². The molecule has 0 saturated carbocycles. The van der Waals surface area contributed by atoms with Crippen molar-refractivity contribution < 1.29 is 13.6 Å². The number of rotatable bonds is 5. The fourth-order valence-electron chi connectivity index (χ4n) is 2.57. The van der Waals surface area contributed by atoms with E-state index >= 15 is 0 Å². The standard InChI is InChI=1S/C20H18BrFN2O2/c1-13-11-14(7-8-16(13)21)24(2)20(25)10-9-19-23-12-18(26-19)15-5-3-4-6-17(15)22/h3-8,11-12H,9-10H2,1-2H3. The van der Waals surface area contributed by atoms with Gasteiger partial charge in [0.25, 0.3) is 0 Å². The Bertz CT molecular complexity index is 939. The molecule has 1 aromatic heterocycles. The Morgan fingerprint density at radius 3 is 2.77 bits per heavy atom. The molecule has 0 aliphatic rings. The number of hydrogen-bond acceptors (Lipinski definition) is 3. The van der Waals surface area contributed by atoms with Crippen LogP contribution in [-0.4, -0.2) is 17.9 Å². The quantitative estimate of drug-likeness (QED) is 0.577. The zero-order chi connectivity index (χ0) is 18.7. The summed E-state index contributed by atoms with van der Waals surface area (Å²) < 4.78 is 20.4. The molecule has 3 rings (SSSR count). The van der Waals surface area contributed by atoms with Gasteiger partial charge in [0.1, 0.15) is 5.82 Å². The van der Waals surface area contributed by atoms with Crippen LogP contribution in [0.5, 0.6) is 0 Å². The summed E-state index contributed by atoms with van der Waals surface area (Å²) in [6.07, 6.45) is 2.09. The van der Waals surface area contributed by atoms with Gasteiger partial charge >= 0.3 is 0 Å². The highest BCUT2D eigenvalue weighted by atomic mass is 79.9. The van der Waals surface area contributed by atoms with E-state index in [2.05, 4.69) is 20.9 Å². The second-order valence-electron chi connectivity index (χ2n) is 5.98. The number of amides is 1. The summed E-state index contributed by atoms with van der Waals surface area (Å²) >= 11 is 3.45. The van der Waals surface area contributed by atoms with Crippen LogP contribution in [0.15, 0.2) is 57.6 Å². The van der Waals surface area contributed by atoms with Gasteiger partial charge in [0.05, 0.1) is 11.8 Å². The molecule has 1 heterocycles. The number of carbonyl (C=O) groups excluding carboxylic acids is 1. The highest BCUT2D eigenvalue weighted by molar-refractivity contribution is 9.10. The fourth-order valence-corrected chi connectivity index (χ4v) is 2.82. The average molecular weight is 417 g/mol. The molecule has 26 heavy (non-hydrogen) atoms. The van der Waals surface area contributed by atoms with Crippen molar-refractivity contribution in [2.24, 2.45) is 0 Å². The number of carbonyl (C=O) groups is 1. The van der Waals surface area contributed by atoms with Gasteiger partial charge in [-0.2, -0.15) is 0 Å². The van der Waals surface area contributed by atoms with Crippen molar-refractivity contribution in [3.63, 3.8) is 0 Å². The normalized spacial score (nSPS) is 10.8. The van der Waals surface area contributed by atoms with E-state index in [-0.39, 0.29) is 18.1 Å². The SMILES string of the molecule is Cc1cc(N(C)C(=O)CCc2ncc(-c3ccccc3F)o2)ccc1Br. The Morgan fingerprint density at radius 2 is 2.04 bits per heavy atom. The summed E-state index contributed by atoms with van der Waals surface area (Å²) in [7, 11) is 1.74. The third-order valence-electron chi connectivity index (χ3n) is 4.15. The molecule has 1 amide bonds. The lowest BCUT2D eigenvalue weighted by Crippen LogP contribution is -2.26. The molecule has 4 nitrogen and oxygen atoms in total. The van der Waals surface area contributed by atoms with E-state index in [4.69, 9.17) is 4.42 Å². The predicted octanol–water partition coefficient (Wildman–Crippen LogP) is 5.15. The molecule has 6 heteroatoms. The summed E-state index contributed by atoms with van der Waals surface area (Å²) in [5, 5.41) is 0. The number of aryl methyl sites for hydroxylation is 2. The van der Waals surface area contributed by atoms with E-state index in [1.54, 1.807) is 30.1 Å². The van der Waals surface area contributed by atoms with Crippen LogP contribution in [-0.2, 0) is 11.2 Å². The molecule has 0 bridgehead atoms. The maximum absolute atomic E-state index is 13.8. The summed E-state index contributed by atoms with van der Waals surface area (Å²) in [4.78, 5) is 18.2. The van der Waals surface area contributed by atoms with Gasteiger partial charge in [-0.1, -0.05) is 28.1 Å². The highest BCUT2D eigenvalue weighted by Gasteiger charge is 2.15. The molecule has 3 aromatic rings. The molecule has 0 atom stereocenters. The molecule has 0 saturated heterocycles. The van der Waals surface area contributed by atoms with Crippen molar-refractivity contribution in [1.82, 2.24) is 4.98 Å². The Labute approximate surface area is 159 Å². The van der Waals surface area contributed by atoms with Crippen molar-refractivity contribution in [1.29, 1.82) is 0 Å². The van der Waals surface area contributed by atoms with E-state index < -0.39 is 0 Å². The molecule has 134 valence electrons.